The lowest BCUT2D eigenvalue weighted by Crippen LogP contribution is -2.44. The number of nitrogens with zero attached hydrogens (tertiary/aromatic N) is 1. The fourth-order valence-electron chi connectivity index (χ4n) is 1.87. The van der Waals surface area contributed by atoms with Crippen LogP contribution in [0.1, 0.15) is 19.8 Å². The lowest BCUT2D eigenvalue weighted by Gasteiger charge is -2.27. The molecule has 1 aliphatic rings. The minimum Gasteiger partial charge on any atom is -0.468 e. The van der Waals surface area contributed by atoms with Crippen molar-refractivity contribution in [2.45, 2.75) is 31.8 Å². The van der Waals surface area contributed by atoms with Crippen molar-refractivity contribution >= 4 is 5.97 Å². The summed E-state index contributed by atoms with van der Waals surface area (Å²) in [7, 11) is 1.39. The summed E-state index contributed by atoms with van der Waals surface area (Å²) in [4.78, 5) is 13.2. The van der Waals surface area contributed by atoms with Gasteiger partial charge in [0, 0.05) is 6.04 Å². The molecule has 1 fully saturated rings. The van der Waals surface area contributed by atoms with Gasteiger partial charge < -0.3 is 9.84 Å². The third-order valence-corrected chi connectivity index (χ3v) is 2.67. The number of carbonyl (C=O) groups excluding carboxylic acids is 1. The third-order valence-electron chi connectivity index (χ3n) is 2.67. The van der Waals surface area contributed by atoms with Gasteiger partial charge in [0.25, 0.3) is 0 Å². The molecule has 0 radical (unpaired) electrons. The fraction of sp³-hybridized carbons (Fsp3) is 0.889. The Balaban J connectivity index is 2.54. The van der Waals surface area contributed by atoms with Crippen LogP contribution >= 0.6 is 0 Å². The summed E-state index contributed by atoms with van der Waals surface area (Å²) in [5.74, 6) is -0.222. The second-order valence-electron chi connectivity index (χ2n) is 3.42. The summed E-state index contributed by atoms with van der Waals surface area (Å²) >= 11 is 0. The summed E-state index contributed by atoms with van der Waals surface area (Å²) in [5, 5.41) is 9.05. The van der Waals surface area contributed by atoms with Crippen LogP contribution in [0, 0.1) is 0 Å². The standard InChI is InChI=1S/C9H17NO3/c1-7(9(12)13-2)10-5-3-4-8(10)6-11/h7-8,11H,3-6H2,1-2H3. The van der Waals surface area contributed by atoms with E-state index in [0.717, 1.165) is 19.4 Å². The molecule has 0 aliphatic carbocycles. The second kappa shape index (κ2) is 4.58. The van der Waals surface area contributed by atoms with Gasteiger partial charge in [-0.2, -0.15) is 0 Å². The molecule has 1 N–H and O–H groups in total. The predicted molar refractivity (Wildman–Crippen MR) is 48.3 cm³/mol. The van der Waals surface area contributed by atoms with Crippen molar-refractivity contribution in [1.82, 2.24) is 4.90 Å². The first-order valence-corrected chi connectivity index (χ1v) is 4.65. The third kappa shape index (κ3) is 2.19. The summed E-state index contributed by atoms with van der Waals surface area (Å²) in [6.45, 7) is 2.82. The fourth-order valence-corrected chi connectivity index (χ4v) is 1.87. The van der Waals surface area contributed by atoms with Crippen LogP contribution in [-0.2, 0) is 9.53 Å². The minimum absolute atomic E-state index is 0.126. The molecule has 1 aliphatic heterocycles. The number of esters is 1. The molecule has 1 rings (SSSR count). The van der Waals surface area contributed by atoms with E-state index in [1.807, 2.05) is 11.8 Å². The first-order valence-electron chi connectivity index (χ1n) is 4.65. The van der Waals surface area contributed by atoms with Crippen LogP contribution < -0.4 is 0 Å². The quantitative estimate of drug-likeness (QED) is 0.632. The van der Waals surface area contributed by atoms with E-state index in [1.165, 1.54) is 7.11 Å². The maximum atomic E-state index is 11.2. The number of rotatable bonds is 3. The number of hydrogen-bond donors (Lipinski definition) is 1. The van der Waals surface area contributed by atoms with Crippen molar-refractivity contribution in [1.29, 1.82) is 0 Å². The predicted octanol–water partition coefficient (Wildman–Crippen LogP) is 0.00460. The number of hydrogen-bond acceptors (Lipinski definition) is 4. The smallest absolute Gasteiger partial charge is 0.322 e. The number of aliphatic hydroxyl groups is 1. The highest BCUT2D eigenvalue weighted by Gasteiger charge is 2.31. The molecule has 4 nitrogen and oxygen atoms in total. The molecule has 2 atom stereocenters. The van der Waals surface area contributed by atoms with E-state index in [-0.39, 0.29) is 24.7 Å². The first-order chi connectivity index (χ1) is 6.20. The van der Waals surface area contributed by atoms with Crippen molar-refractivity contribution in [3.8, 4) is 0 Å². The van der Waals surface area contributed by atoms with Crippen molar-refractivity contribution in [3.63, 3.8) is 0 Å². The molecule has 0 aromatic heterocycles. The van der Waals surface area contributed by atoms with Gasteiger partial charge in [0.15, 0.2) is 0 Å². The zero-order valence-corrected chi connectivity index (χ0v) is 8.19. The first kappa shape index (κ1) is 10.5. The summed E-state index contributed by atoms with van der Waals surface area (Å²) in [6.07, 6.45) is 2.02. The zero-order chi connectivity index (χ0) is 9.84. The van der Waals surface area contributed by atoms with Crippen LogP contribution in [0.5, 0.6) is 0 Å². The van der Waals surface area contributed by atoms with Gasteiger partial charge in [-0.05, 0) is 26.3 Å². The van der Waals surface area contributed by atoms with Gasteiger partial charge in [-0.25, -0.2) is 0 Å². The molecule has 1 heterocycles. The lowest BCUT2D eigenvalue weighted by molar-refractivity contribution is -0.146. The van der Waals surface area contributed by atoms with Gasteiger partial charge in [-0.1, -0.05) is 0 Å². The number of ether oxygens (including phenoxy) is 1. The van der Waals surface area contributed by atoms with E-state index in [1.54, 1.807) is 0 Å². The van der Waals surface area contributed by atoms with Crippen molar-refractivity contribution in [2.24, 2.45) is 0 Å². The minimum atomic E-state index is -0.232. The van der Waals surface area contributed by atoms with Gasteiger partial charge in [0.2, 0.25) is 0 Å². The zero-order valence-electron chi connectivity index (χ0n) is 8.19. The van der Waals surface area contributed by atoms with Gasteiger partial charge in [-0.15, -0.1) is 0 Å². The highest BCUT2D eigenvalue weighted by atomic mass is 16.5. The molecule has 0 aromatic carbocycles. The topological polar surface area (TPSA) is 49.8 Å². The summed E-state index contributed by atoms with van der Waals surface area (Å²) in [6, 6.07) is -0.0984. The Labute approximate surface area is 78.5 Å². The average molecular weight is 187 g/mol. The average Bonchev–Trinajstić information content (AvgIpc) is 2.62. The van der Waals surface area contributed by atoms with Crippen molar-refractivity contribution in [3.05, 3.63) is 0 Å². The molecule has 0 spiro atoms. The van der Waals surface area contributed by atoms with Crippen LogP contribution in [0.3, 0.4) is 0 Å². The van der Waals surface area contributed by atoms with E-state index >= 15 is 0 Å². The highest BCUT2D eigenvalue weighted by Crippen LogP contribution is 2.19. The maximum absolute atomic E-state index is 11.2. The van der Waals surface area contributed by atoms with Gasteiger partial charge in [-0.3, -0.25) is 9.69 Å². The molecule has 1 saturated heterocycles. The Morgan fingerprint density at radius 1 is 1.77 bits per heavy atom. The Morgan fingerprint density at radius 3 is 3.00 bits per heavy atom. The van der Waals surface area contributed by atoms with Gasteiger partial charge in [0.1, 0.15) is 6.04 Å². The van der Waals surface area contributed by atoms with Crippen LogP contribution in [0.25, 0.3) is 0 Å². The van der Waals surface area contributed by atoms with E-state index in [2.05, 4.69) is 4.74 Å². The number of likely N-dealkylation sites (tertiary alicyclic amines) is 1. The van der Waals surface area contributed by atoms with Crippen LogP contribution in [0.2, 0.25) is 0 Å². The number of methoxy groups -OCH3 is 1. The van der Waals surface area contributed by atoms with E-state index in [4.69, 9.17) is 5.11 Å². The Morgan fingerprint density at radius 2 is 2.46 bits per heavy atom. The second-order valence-corrected chi connectivity index (χ2v) is 3.42. The van der Waals surface area contributed by atoms with Gasteiger partial charge in [0.05, 0.1) is 13.7 Å². The maximum Gasteiger partial charge on any atom is 0.322 e. The highest BCUT2D eigenvalue weighted by molar-refractivity contribution is 5.75. The summed E-state index contributed by atoms with van der Waals surface area (Å²) < 4.78 is 4.65. The van der Waals surface area contributed by atoms with E-state index < -0.39 is 0 Å². The molecule has 0 saturated carbocycles. The molecule has 0 aromatic rings. The SMILES string of the molecule is COC(=O)C(C)N1CCCC1CO. The van der Waals surface area contributed by atoms with Gasteiger partial charge >= 0.3 is 5.97 Å². The Bertz CT molecular complexity index is 184. The Hall–Kier alpha value is -0.610. The molecule has 0 amide bonds. The molecule has 4 heteroatoms. The lowest BCUT2D eigenvalue weighted by atomic mass is 10.2. The molecule has 76 valence electrons. The van der Waals surface area contributed by atoms with Crippen molar-refractivity contribution in [2.75, 3.05) is 20.3 Å². The van der Waals surface area contributed by atoms with E-state index in [9.17, 15) is 4.79 Å². The molecule has 2 unspecified atom stereocenters. The number of aliphatic hydroxyl groups excluding tert-OH is 1. The molecule has 13 heavy (non-hydrogen) atoms. The normalized spacial score (nSPS) is 25.9. The summed E-state index contributed by atoms with van der Waals surface area (Å²) in [5.41, 5.74) is 0. The molecule has 0 bridgehead atoms. The van der Waals surface area contributed by atoms with E-state index in [0.29, 0.717) is 0 Å². The van der Waals surface area contributed by atoms with Crippen LogP contribution in [0.4, 0.5) is 0 Å². The molecular formula is C9H17NO3. The Kier molecular flexibility index (Phi) is 3.69. The molecular weight excluding hydrogens is 170 g/mol. The van der Waals surface area contributed by atoms with Crippen molar-refractivity contribution < 1.29 is 14.6 Å². The van der Waals surface area contributed by atoms with Crippen LogP contribution in [-0.4, -0.2) is 48.3 Å². The van der Waals surface area contributed by atoms with Crippen LogP contribution in [0.15, 0.2) is 0 Å². The largest absolute Gasteiger partial charge is 0.468 e. The monoisotopic (exact) mass is 187 g/mol. The number of carbonyl (C=O) groups is 1.